The standard InChI is InChI=1S/C26H31N5O5/c1-2-3-13-30(24(33)19-11-14-29(15-12-19)25(34)20-10-7-16-36-20)21-22(27)31(26(35)28-23(21)32)17-18-8-5-4-6-9-18/h4-10,16,19H,2-3,11-15,17,27H2,1H3,(H,28,32,35). The molecule has 0 bridgehead atoms. The topological polar surface area (TPSA) is 135 Å². The Labute approximate surface area is 208 Å². The molecule has 3 N–H and O–H groups in total. The van der Waals surface area contributed by atoms with Crippen molar-refractivity contribution in [3.8, 4) is 0 Å². The maximum absolute atomic E-state index is 13.7. The summed E-state index contributed by atoms with van der Waals surface area (Å²) in [6, 6.07) is 12.6. The van der Waals surface area contributed by atoms with Crippen molar-refractivity contribution in [3.05, 3.63) is 80.9 Å². The molecular weight excluding hydrogens is 462 g/mol. The van der Waals surface area contributed by atoms with Gasteiger partial charge in [0.2, 0.25) is 5.91 Å². The molecule has 0 saturated carbocycles. The van der Waals surface area contributed by atoms with Gasteiger partial charge in [0.25, 0.3) is 11.5 Å². The fraction of sp³-hybridized carbons (Fsp3) is 0.385. The molecule has 0 unspecified atom stereocenters. The molecule has 0 spiro atoms. The Morgan fingerprint density at radius 2 is 1.83 bits per heavy atom. The van der Waals surface area contributed by atoms with E-state index in [9.17, 15) is 19.2 Å². The van der Waals surface area contributed by atoms with E-state index in [1.807, 2.05) is 37.3 Å². The van der Waals surface area contributed by atoms with Crippen molar-refractivity contribution in [2.45, 2.75) is 39.2 Å². The number of nitrogens with two attached hydrogens (primary N) is 1. The number of hydrogen-bond donors (Lipinski definition) is 2. The summed E-state index contributed by atoms with van der Waals surface area (Å²) in [6.45, 7) is 3.26. The first-order valence-corrected chi connectivity index (χ1v) is 12.2. The number of H-pyrrole nitrogens is 1. The van der Waals surface area contributed by atoms with Crippen molar-refractivity contribution >= 4 is 23.3 Å². The highest BCUT2D eigenvalue weighted by Gasteiger charge is 2.33. The second-order valence-electron chi connectivity index (χ2n) is 8.95. The zero-order chi connectivity index (χ0) is 25.7. The van der Waals surface area contributed by atoms with Crippen LogP contribution in [0.2, 0.25) is 0 Å². The van der Waals surface area contributed by atoms with E-state index in [0.717, 1.165) is 12.0 Å². The molecule has 1 aromatic carbocycles. The first kappa shape index (κ1) is 25.0. The van der Waals surface area contributed by atoms with Gasteiger partial charge in [-0.05, 0) is 37.0 Å². The molecule has 1 fully saturated rings. The number of benzene rings is 1. The largest absolute Gasteiger partial charge is 0.459 e. The minimum atomic E-state index is -0.684. The summed E-state index contributed by atoms with van der Waals surface area (Å²) < 4.78 is 6.49. The number of unbranched alkanes of at least 4 members (excludes halogenated alkanes) is 1. The summed E-state index contributed by atoms with van der Waals surface area (Å²) in [5.74, 6) is -0.583. The summed E-state index contributed by atoms with van der Waals surface area (Å²) in [4.78, 5) is 57.2. The van der Waals surface area contributed by atoms with E-state index >= 15 is 0 Å². The van der Waals surface area contributed by atoms with Crippen LogP contribution in [0.1, 0.15) is 48.7 Å². The average Bonchev–Trinajstić information content (AvgIpc) is 3.43. The van der Waals surface area contributed by atoms with Crippen LogP contribution in [-0.2, 0) is 11.3 Å². The lowest BCUT2D eigenvalue weighted by atomic mass is 9.94. The van der Waals surface area contributed by atoms with Crippen molar-refractivity contribution in [1.29, 1.82) is 0 Å². The fourth-order valence-electron chi connectivity index (χ4n) is 4.52. The number of amides is 2. The Balaban J connectivity index is 1.58. The van der Waals surface area contributed by atoms with Gasteiger partial charge in [-0.25, -0.2) is 4.79 Å². The fourth-order valence-corrected chi connectivity index (χ4v) is 4.52. The Kier molecular flexibility index (Phi) is 7.72. The third kappa shape index (κ3) is 5.27. The van der Waals surface area contributed by atoms with Crippen molar-refractivity contribution in [2.75, 3.05) is 30.3 Å². The first-order valence-electron chi connectivity index (χ1n) is 12.2. The molecule has 2 amide bonds. The highest BCUT2D eigenvalue weighted by Crippen LogP contribution is 2.26. The summed E-state index contributed by atoms with van der Waals surface area (Å²) in [5.41, 5.74) is 5.90. The van der Waals surface area contributed by atoms with Crippen LogP contribution in [0.5, 0.6) is 0 Å². The van der Waals surface area contributed by atoms with Crippen molar-refractivity contribution in [3.63, 3.8) is 0 Å². The van der Waals surface area contributed by atoms with Crippen LogP contribution >= 0.6 is 0 Å². The summed E-state index contributed by atoms with van der Waals surface area (Å²) in [5, 5.41) is 0. The van der Waals surface area contributed by atoms with Gasteiger partial charge in [0.05, 0.1) is 12.8 Å². The maximum atomic E-state index is 13.7. The number of likely N-dealkylation sites (tertiary alicyclic amines) is 1. The van der Waals surface area contributed by atoms with Gasteiger partial charge in [0, 0.05) is 25.6 Å². The van der Waals surface area contributed by atoms with Crippen LogP contribution in [0.25, 0.3) is 0 Å². The summed E-state index contributed by atoms with van der Waals surface area (Å²) >= 11 is 0. The van der Waals surface area contributed by atoms with Crippen LogP contribution in [-0.4, -0.2) is 45.9 Å². The number of hydrogen-bond acceptors (Lipinski definition) is 6. The lowest BCUT2D eigenvalue weighted by molar-refractivity contribution is -0.123. The Bertz CT molecular complexity index is 1300. The molecule has 36 heavy (non-hydrogen) atoms. The van der Waals surface area contributed by atoms with E-state index in [1.165, 1.54) is 15.7 Å². The van der Waals surface area contributed by atoms with Gasteiger partial charge in [-0.15, -0.1) is 0 Å². The van der Waals surface area contributed by atoms with Crippen molar-refractivity contribution in [2.24, 2.45) is 5.92 Å². The third-order valence-corrected chi connectivity index (χ3v) is 6.53. The van der Waals surface area contributed by atoms with Crippen LogP contribution in [0.3, 0.4) is 0 Å². The number of aromatic amines is 1. The zero-order valence-corrected chi connectivity index (χ0v) is 20.3. The number of aromatic nitrogens is 2. The van der Waals surface area contributed by atoms with E-state index in [1.54, 1.807) is 17.0 Å². The highest BCUT2D eigenvalue weighted by molar-refractivity contribution is 5.97. The third-order valence-electron chi connectivity index (χ3n) is 6.53. The molecule has 0 aliphatic carbocycles. The van der Waals surface area contributed by atoms with Crippen LogP contribution in [0.4, 0.5) is 11.5 Å². The lowest BCUT2D eigenvalue weighted by Gasteiger charge is -2.34. The molecule has 10 heteroatoms. The van der Waals surface area contributed by atoms with Gasteiger partial charge in [0.15, 0.2) is 11.4 Å². The number of furan rings is 1. The minimum Gasteiger partial charge on any atom is -0.459 e. The minimum absolute atomic E-state index is 0.00178. The van der Waals surface area contributed by atoms with Crippen LogP contribution < -0.4 is 21.9 Å². The van der Waals surface area contributed by atoms with Crippen LogP contribution in [0, 0.1) is 5.92 Å². The predicted molar refractivity (Wildman–Crippen MR) is 136 cm³/mol. The van der Waals surface area contributed by atoms with E-state index in [4.69, 9.17) is 10.2 Å². The Morgan fingerprint density at radius 3 is 2.47 bits per heavy atom. The smallest absolute Gasteiger partial charge is 0.330 e. The Morgan fingerprint density at radius 1 is 1.11 bits per heavy atom. The summed E-state index contributed by atoms with van der Waals surface area (Å²) in [6.07, 6.45) is 3.83. The monoisotopic (exact) mass is 493 g/mol. The molecule has 2 aromatic heterocycles. The van der Waals surface area contributed by atoms with Gasteiger partial charge in [0.1, 0.15) is 5.82 Å². The highest BCUT2D eigenvalue weighted by atomic mass is 16.3. The number of carbonyl (C=O) groups is 2. The van der Waals surface area contributed by atoms with Gasteiger partial charge in [-0.1, -0.05) is 43.7 Å². The second-order valence-corrected chi connectivity index (χ2v) is 8.95. The number of piperidine rings is 1. The van der Waals surface area contributed by atoms with Gasteiger partial charge < -0.3 is 20.0 Å². The SMILES string of the molecule is CCCCN(C(=O)C1CCN(C(=O)c2ccco2)CC1)c1c(N)n(Cc2ccccc2)c(=O)[nH]c1=O. The molecule has 3 heterocycles. The molecule has 3 aromatic rings. The normalized spacial score (nSPS) is 14.1. The lowest BCUT2D eigenvalue weighted by Crippen LogP contribution is -2.47. The van der Waals surface area contributed by atoms with Crippen LogP contribution in [0.15, 0.2) is 62.7 Å². The second kappa shape index (κ2) is 11.1. The molecule has 0 atom stereocenters. The zero-order valence-electron chi connectivity index (χ0n) is 20.3. The average molecular weight is 494 g/mol. The molecule has 1 aliphatic heterocycles. The van der Waals surface area contributed by atoms with Gasteiger partial charge >= 0.3 is 5.69 Å². The van der Waals surface area contributed by atoms with Crippen molar-refractivity contribution < 1.29 is 14.0 Å². The number of nitrogens with zero attached hydrogens (tertiary/aromatic N) is 3. The van der Waals surface area contributed by atoms with E-state index < -0.39 is 11.2 Å². The predicted octanol–water partition coefficient (Wildman–Crippen LogP) is 2.45. The van der Waals surface area contributed by atoms with E-state index in [0.29, 0.717) is 38.9 Å². The summed E-state index contributed by atoms with van der Waals surface area (Å²) in [7, 11) is 0. The quantitative estimate of drug-likeness (QED) is 0.495. The number of anilines is 2. The van der Waals surface area contributed by atoms with E-state index in [-0.39, 0.29) is 41.5 Å². The van der Waals surface area contributed by atoms with E-state index in [2.05, 4.69) is 4.98 Å². The number of nitrogens with one attached hydrogen (secondary N) is 1. The molecule has 10 nitrogen and oxygen atoms in total. The number of nitrogen functional groups attached to an aromatic ring is 1. The van der Waals surface area contributed by atoms with Gasteiger partial charge in [-0.3, -0.25) is 23.9 Å². The molecule has 190 valence electrons. The molecule has 0 radical (unpaired) electrons. The van der Waals surface area contributed by atoms with Gasteiger partial charge in [-0.2, -0.15) is 0 Å². The molecule has 1 saturated heterocycles. The first-order chi connectivity index (χ1) is 17.4. The maximum Gasteiger partial charge on any atom is 0.330 e. The number of rotatable bonds is 8. The molecular formula is C26H31N5O5. The number of carbonyl (C=O) groups excluding carboxylic acids is 2. The Hall–Kier alpha value is -4.08. The molecule has 4 rings (SSSR count). The van der Waals surface area contributed by atoms with Crippen molar-refractivity contribution in [1.82, 2.24) is 14.5 Å². The molecule has 1 aliphatic rings.